The first-order valence-electron chi connectivity index (χ1n) is 10.7. The summed E-state index contributed by atoms with van der Waals surface area (Å²) in [6.07, 6.45) is 0.799. The number of para-hydroxylation sites is 1. The summed E-state index contributed by atoms with van der Waals surface area (Å²) in [7, 11) is 3.77. The topological polar surface area (TPSA) is 94.7 Å². The number of amides is 2. The number of hydrogen-bond acceptors (Lipinski definition) is 6. The molecule has 2 rings (SSSR count). The zero-order valence-electron chi connectivity index (χ0n) is 18.7. The van der Waals surface area contributed by atoms with E-state index in [0.717, 1.165) is 24.3 Å². The maximum atomic E-state index is 12.7. The van der Waals surface area contributed by atoms with Crippen molar-refractivity contribution in [3.05, 3.63) is 29.8 Å². The number of likely N-dealkylation sites (N-methyl/N-ethyl adjacent to an activating group) is 1. The third-order valence-corrected chi connectivity index (χ3v) is 4.93. The molecular weight excluding hydrogens is 382 g/mol. The van der Waals surface area contributed by atoms with E-state index in [9.17, 15) is 9.59 Å². The van der Waals surface area contributed by atoms with Gasteiger partial charge < -0.3 is 30.9 Å². The summed E-state index contributed by atoms with van der Waals surface area (Å²) in [5, 5.41) is 12.3. The van der Waals surface area contributed by atoms with Crippen LogP contribution in [-0.4, -0.2) is 82.2 Å². The highest BCUT2D eigenvalue weighted by Crippen LogP contribution is 2.21. The van der Waals surface area contributed by atoms with Crippen LogP contribution in [0.4, 0.5) is 0 Å². The molecule has 168 valence electrons. The minimum absolute atomic E-state index is 0.162. The van der Waals surface area contributed by atoms with Crippen LogP contribution >= 0.6 is 0 Å². The molecule has 2 amide bonds. The predicted octanol–water partition coefficient (Wildman–Crippen LogP) is -0.0121. The zero-order chi connectivity index (χ0) is 21.9. The molecule has 0 saturated carbocycles. The predicted molar refractivity (Wildman–Crippen MR) is 119 cm³/mol. The number of rotatable bonds is 2. The lowest BCUT2D eigenvalue weighted by Gasteiger charge is -2.23. The lowest BCUT2D eigenvalue weighted by atomic mass is 10.00. The molecule has 0 saturated heterocycles. The summed E-state index contributed by atoms with van der Waals surface area (Å²) in [5.41, 5.74) is 1.13. The Hall–Kier alpha value is -2.16. The second kappa shape index (κ2) is 12.5. The Morgan fingerprint density at radius 3 is 2.67 bits per heavy atom. The van der Waals surface area contributed by atoms with Crippen molar-refractivity contribution in [3.63, 3.8) is 0 Å². The molecule has 3 atom stereocenters. The van der Waals surface area contributed by atoms with Crippen molar-refractivity contribution >= 4 is 11.8 Å². The van der Waals surface area contributed by atoms with Gasteiger partial charge in [0.2, 0.25) is 11.8 Å². The summed E-state index contributed by atoms with van der Waals surface area (Å²) in [6.45, 7) is 7.27. The molecule has 0 bridgehead atoms. The minimum atomic E-state index is -0.589. The maximum absolute atomic E-state index is 12.7. The number of nitrogens with zero attached hydrogens (tertiary/aromatic N) is 1. The van der Waals surface area contributed by atoms with Crippen LogP contribution in [-0.2, 0) is 16.0 Å². The van der Waals surface area contributed by atoms with Crippen molar-refractivity contribution in [1.82, 2.24) is 26.2 Å². The Morgan fingerprint density at radius 1 is 1.13 bits per heavy atom. The molecule has 8 nitrogen and oxygen atoms in total. The lowest BCUT2D eigenvalue weighted by Crippen LogP contribution is -2.54. The lowest BCUT2D eigenvalue weighted by molar-refractivity contribution is -0.129. The zero-order valence-corrected chi connectivity index (χ0v) is 18.7. The van der Waals surface area contributed by atoms with E-state index in [2.05, 4.69) is 41.2 Å². The summed E-state index contributed by atoms with van der Waals surface area (Å²) in [6, 6.07) is 7.66. The van der Waals surface area contributed by atoms with E-state index in [4.69, 9.17) is 4.74 Å². The minimum Gasteiger partial charge on any atom is -0.492 e. The summed E-state index contributed by atoms with van der Waals surface area (Å²) in [5.74, 6) is 0.772. The summed E-state index contributed by atoms with van der Waals surface area (Å²) < 4.78 is 6.05. The molecule has 1 aliphatic heterocycles. The fraction of sp³-hybridized carbons (Fsp3) is 0.636. The molecule has 0 spiro atoms. The van der Waals surface area contributed by atoms with Crippen LogP contribution in [0.1, 0.15) is 19.4 Å². The van der Waals surface area contributed by atoms with Crippen LogP contribution in [0.25, 0.3) is 0 Å². The van der Waals surface area contributed by atoms with Crippen LogP contribution in [0, 0.1) is 5.92 Å². The third-order valence-electron chi connectivity index (χ3n) is 4.93. The van der Waals surface area contributed by atoms with Crippen LogP contribution in [0.3, 0.4) is 0 Å². The van der Waals surface area contributed by atoms with Crippen molar-refractivity contribution in [3.8, 4) is 5.75 Å². The SMILES string of the molecule is CC1CNC(=O)C(CN(C)C)NC(=O)CNCCN[C@@H](C)COc2ccccc2C1. The smallest absolute Gasteiger partial charge is 0.243 e. The molecule has 1 heterocycles. The summed E-state index contributed by atoms with van der Waals surface area (Å²) >= 11 is 0. The number of ether oxygens (including phenoxy) is 1. The van der Waals surface area contributed by atoms with Gasteiger partial charge in [-0.15, -0.1) is 0 Å². The van der Waals surface area contributed by atoms with Gasteiger partial charge in [-0.3, -0.25) is 9.59 Å². The molecule has 1 aromatic rings. The van der Waals surface area contributed by atoms with Crippen molar-refractivity contribution < 1.29 is 14.3 Å². The van der Waals surface area contributed by atoms with Crippen LogP contribution in [0.15, 0.2) is 24.3 Å². The molecule has 0 aromatic heterocycles. The first kappa shape index (κ1) is 24.1. The number of nitrogens with one attached hydrogen (secondary N) is 4. The Morgan fingerprint density at radius 2 is 1.90 bits per heavy atom. The number of carbonyl (C=O) groups excluding carboxylic acids is 2. The standard InChI is InChI=1S/C22H37N5O3/c1-16-11-18-7-5-6-8-20(18)30-15-17(2)24-10-9-23-13-21(28)26-19(14-27(3)4)22(29)25-12-16/h5-8,16-17,19,23-24H,9-15H2,1-4H3,(H,25,29)(H,26,28)/t16?,17-,19?/m0/s1. The summed E-state index contributed by atoms with van der Waals surface area (Å²) in [4.78, 5) is 26.9. The molecule has 2 unspecified atom stereocenters. The van der Waals surface area contributed by atoms with Crippen LogP contribution < -0.4 is 26.0 Å². The fourth-order valence-electron chi connectivity index (χ4n) is 3.35. The van der Waals surface area contributed by atoms with E-state index in [-0.39, 0.29) is 30.3 Å². The van der Waals surface area contributed by atoms with E-state index < -0.39 is 6.04 Å². The van der Waals surface area contributed by atoms with Crippen molar-refractivity contribution in [2.45, 2.75) is 32.4 Å². The monoisotopic (exact) mass is 419 g/mol. The average molecular weight is 420 g/mol. The van der Waals surface area contributed by atoms with E-state index >= 15 is 0 Å². The molecule has 8 heteroatoms. The van der Waals surface area contributed by atoms with Gasteiger partial charge in [0, 0.05) is 32.2 Å². The van der Waals surface area contributed by atoms with E-state index in [1.54, 1.807) is 0 Å². The Balaban J connectivity index is 2.09. The van der Waals surface area contributed by atoms with Gasteiger partial charge in [0.1, 0.15) is 18.4 Å². The van der Waals surface area contributed by atoms with E-state index in [1.807, 2.05) is 37.2 Å². The van der Waals surface area contributed by atoms with Gasteiger partial charge in [-0.25, -0.2) is 0 Å². The highest BCUT2D eigenvalue weighted by molar-refractivity contribution is 5.88. The van der Waals surface area contributed by atoms with Gasteiger partial charge in [-0.05, 0) is 45.0 Å². The van der Waals surface area contributed by atoms with Crippen molar-refractivity contribution in [2.75, 3.05) is 53.4 Å². The Labute approximate surface area is 180 Å². The highest BCUT2D eigenvalue weighted by Gasteiger charge is 2.22. The molecule has 1 aromatic carbocycles. The van der Waals surface area contributed by atoms with Gasteiger partial charge in [-0.2, -0.15) is 0 Å². The fourth-order valence-corrected chi connectivity index (χ4v) is 3.35. The molecular formula is C22H37N5O3. The van der Waals surface area contributed by atoms with Crippen LogP contribution in [0.5, 0.6) is 5.75 Å². The van der Waals surface area contributed by atoms with Gasteiger partial charge in [0.05, 0.1) is 6.54 Å². The molecule has 4 N–H and O–H groups in total. The van der Waals surface area contributed by atoms with Gasteiger partial charge >= 0.3 is 0 Å². The first-order chi connectivity index (χ1) is 14.3. The quantitative estimate of drug-likeness (QED) is 0.539. The largest absolute Gasteiger partial charge is 0.492 e. The highest BCUT2D eigenvalue weighted by atomic mass is 16.5. The molecule has 0 aliphatic carbocycles. The van der Waals surface area contributed by atoms with Gasteiger partial charge in [0.15, 0.2) is 0 Å². The molecule has 0 fully saturated rings. The molecule has 1 aliphatic rings. The van der Waals surface area contributed by atoms with E-state index in [1.165, 1.54) is 0 Å². The second-order valence-electron chi connectivity index (χ2n) is 8.39. The number of hydrogen-bond donors (Lipinski definition) is 4. The van der Waals surface area contributed by atoms with Crippen LogP contribution in [0.2, 0.25) is 0 Å². The number of carbonyl (C=O) groups is 2. The van der Waals surface area contributed by atoms with Crippen molar-refractivity contribution in [2.24, 2.45) is 5.92 Å². The molecule has 0 radical (unpaired) electrons. The Bertz CT molecular complexity index is 682. The average Bonchev–Trinajstić information content (AvgIpc) is 2.69. The number of benzene rings is 1. The number of fused-ring (bicyclic) bond motifs is 1. The molecule has 30 heavy (non-hydrogen) atoms. The first-order valence-corrected chi connectivity index (χ1v) is 10.7. The normalized spacial score (nSPS) is 25.3. The second-order valence-corrected chi connectivity index (χ2v) is 8.39. The van der Waals surface area contributed by atoms with E-state index in [0.29, 0.717) is 26.2 Å². The Kier molecular flexibility index (Phi) is 10.1. The van der Waals surface area contributed by atoms with Crippen molar-refractivity contribution in [1.29, 1.82) is 0 Å². The maximum Gasteiger partial charge on any atom is 0.243 e. The third kappa shape index (κ3) is 8.69. The van der Waals surface area contributed by atoms with Gasteiger partial charge in [0.25, 0.3) is 0 Å². The van der Waals surface area contributed by atoms with Gasteiger partial charge in [-0.1, -0.05) is 25.1 Å².